The SMILES string of the molecule is Cc1ccc(-c2noc(CCCN3CCC(NS(=O)(=O)c4ccc(Cl)cc4)CC3)n2)cc1F. The molecule has 0 spiro atoms. The van der Waals surface area contributed by atoms with E-state index in [0.29, 0.717) is 34.3 Å². The molecule has 0 amide bonds. The molecular formula is C23H26ClFN4O3S. The van der Waals surface area contributed by atoms with Crippen LogP contribution >= 0.6 is 11.6 Å². The van der Waals surface area contributed by atoms with Gasteiger partial charge in [0, 0.05) is 23.0 Å². The van der Waals surface area contributed by atoms with Crippen LogP contribution < -0.4 is 4.72 Å². The van der Waals surface area contributed by atoms with Gasteiger partial charge in [0.25, 0.3) is 0 Å². The summed E-state index contributed by atoms with van der Waals surface area (Å²) in [5.41, 5.74) is 1.17. The maximum atomic E-state index is 13.8. The highest BCUT2D eigenvalue weighted by molar-refractivity contribution is 7.89. The Balaban J connectivity index is 1.21. The van der Waals surface area contributed by atoms with Gasteiger partial charge in [0.15, 0.2) is 0 Å². The van der Waals surface area contributed by atoms with Gasteiger partial charge in [-0.3, -0.25) is 0 Å². The molecule has 1 aliphatic heterocycles. The van der Waals surface area contributed by atoms with E-state index in [1.54, 1.807) is 31.2 Å². The normalized spacial score (nSPS) is 15.7. The summed E-state index contributed by atoms with van der Waals surface area (Å²) in [7, 11) is -3.55. The number of nitrogens with one attached hydrogen (secondary N) is 1. The maximum Gasteiger partial charge on any atom is 0.240 e. The number of sulfonamides is 1. The summed E-state index contributed by atoms with van der Waals surface area (Å²) in [6, 6.07) is 11.0. The fourth-order valence-corrected chi connectivity index (χ4v) is 5.27. The third-order valence-electron chi connectivity index (χ3n) is 5.80. The molecule has 4 rings (SSSR count). The van der Waals surface area contributed by atoms with Crippen molar-refractivity contribution in [3.05, 3.63) is 64.8 Å². The molecule has 1 aromatic heterocycles. The quantitative estimate of drug-likeness (QED) is 0.506. The Labute approximate surface area is 198 Å². The Hall–Kier alpha value is -2.33. The van der Waals surface area contributed by atoms with Gasteiger partial charge in [-0.05, 0) is 81.7 Å². The second kappa shape index (κ2) is 10.3. The summed E-state index contributed by atoms with van der Waals surface area (Å²) in [4.78, 5) is 6.90. The lowest BCUT2D eigenvalue weighted by atomic mass is 10.1. The van der Waals surface area contributed by atoms with Crippen LogP contribution in [0.3, 0.4) is 0 Å². The smallest absolute Gasteiger partial charge is 0.240 e. The van der Waals surface area contributed by atoms with E-state index >= 15 is 0 Å². The zero-order valence-corrected chi connectivity index (χ0v) is 19.9. The van der Waals surface area contributed by atoms with Gasteiger partial charge in [-0.15, -0.1) is 0 Å². The predicted octanol–water partition coefficient (Wildman–Crippen LogP) is 4.21. The van der Waals surface area contributed by atoms with Crippen LogP contribution in [0.5, 0.6) is 0 Å². The number of benzene rings is 2. The molecule has 176 valence electrons. The Morgan fingerprint density at radius 1 is 1.18 bits per heavy atom. The molecule has 2 heterocycles. The molecule has 1 N–H and O–H groups in total. The molecule has 7 nitrogen and oxygen atoms in total. The zero-order valence-electron chi connectivity index (χ0n) is 18.3. The summed E-state index contributed by atoms with van der Waals surface area (Å²) in [6.45, 7) is 4.18. The molecule has 3 aromatic rings. The van der Waals surface area contributed by atoms with Crippen LogP contribution in [0.1, 0.15) is 30.7 Å². The Morgan fingerprint density at radius 2 is 1.91 bits per heavy atom. The van der Waals surface area contributed by atoms with Crippen molar-refractivity contribution >= 4 is 21.6 Å². The van der Waals surface area contributed by atoms with Crippen LogP contribution in [0.15, 0.2) is 51.9 Å². The lowest BCUT2D eigenvalue weighted by molar-refractivity contribution is 0.203. The van der Waals surface area contributed by atoms with Crippen molar-refractivity contribution in [1.82, 2.24) is 19.8 Å². The van der Waals surface area contributed by atoms with E-state index < -0.39 is 10.0 Å². The molecule has 0 saturated carbocycles. The standard InChI is InChI=1S/C23H26ClFN4O3S/c1-16-4-5-17(15-21(16)25)23-26-22(32-27-23)3-2-12-29-13-10-19(11-14-29)28-33(30,31)20-8-6-18(24)7-9-20/h4-9,15,19,28H,2-3,10-14H2,1H3. The van der Waals surface area contributed by atoms with Crippen LogP contribution in [0.2, 0.25) is 5.02 Å². The molecule has 0 bridgehead atoms. The minimum Gasteiger partial charge on any atom is -0.339 e. The topological polar surface area (TPSA) is 88.3 Å². The van der Waals surface area contributed by atoms with E-state index in [0.717, 1.165) is 38.9 Å². The van der Waals surface area contributed by atoms with Crippen molar-refractivity contribution < 1.29 is 17.3 Å². The molecule has 0 radical (unpaired) electrons. The number of hydrogen-bond acceptors (Lipinski definition) is 6. The Kier molecular flexibility index (Phi) is 7.43. The number of aryl methyl sites for hydroxylation is 2. The highest BCUT2D eigenvalue weighted by Crippen LogP contribution is 2.20. The molecule has 1 saturated heterocycles. The molecule has 33 heavy (non-hydrogen) atoms. The molecule has 0 unspecified atom stereocenters. The van der Waals surface area contributed by atoms with E-state index in [9.17, 15) is 12.8 Å². The fourth-order valence-electron chi connectivity index (χ4n) is 3.84. The summed E-state index contributed by atoms with van der Waals surface area (Å²) < 4.78 is 47.0. The average molecular weight is 493 g/mol. The van der Waals surface area contributed by atoms with E-state index in [2.05, 4.69) is 19.8 Å². The minimum atomic E-state index is -3.55. The zero-order chi connectivity index (χ0) is 23.4. The molecule has 1 fully saturated rings. The lowest BCUT2D eigenvalue weighted by Gasteiger charge is -2.32. The van der Waals surface area contributed by atoms with E-state index in [1.807, 2.05) is 0 Å². The summed E-state index contributed by atoms with van der Waals surface area (Å²) >= 11 is 5.84. The number of halogens is 2. The summed E-state index contributed by atoms with van der Waals surface area (Å²) in [5.74, 6) is 0.618. The largest absolute Gasteiger partial charge is 0.339 e. The maximum absolute atomic E-state index is 13.8. The first-order valence-corrected chi connectivity index (χ1v) is 12.8. The first-order valence-electron chi connectivity index (χ1n) is 10.9. The van der Waals surface area contributed by atoms with Crippen LogP contribution in [-0.2, 0) is 16.4 Å². The minimum absolute atomic E-state index is 0.0877. The van der Waals surface area contributed by atoms with Gasteiger partial charge in [-0.1, -0.05) is 28.9 Å². The molecule has 10 heteroatoms. The first-order chi connectivity index (χ1) is 15.8. The molecule has 2 aromatic carbocycles. The van der Waals surface area contributed by atoms with Crippen LogP contribution in [0.25, 0.3) is 11.4 Å². The second-order valence-corrected chi connectivity index (χ2v) is 10.4. The van der Waals surface area contributed by atoms with Crippen molar-refractivity contribution in [3.8, 4) is 11.4 Å². The third-order valence-corrected chi connectivity index (χ3v) is 7.58. The van der Waals surface area contributed by atoms with Crippen molar-refractivity contribution in [3.63, 3.8) is 0 Å². The van der Waals surface area contributed by atoms with Crippen molar-refractivity contribution in [2.75, 3.05) is 19.6 Å². The Bertz CT molecular complexity index is 1190. The summed E-state index contributed by atoms with van der Waals surface area (Å²) in [6.07, 6.45) is 2.96. The number of aromatic nitrogens is 2. The number of rotatable bonds is 8. The average Bonchev–Trinajstić information content (AvgIpc) is 3.26. The third kappa shape index (κ3) is 6.17. The van der Waals surface area contributed by atoms with E-state index in [1.165, 1.54) is 18.2 Å². The molecule has 1 aliphatic rings. The van der Waals surface area contributed by atoms with Crippen molar-refractivity contribution in [2.45, 2.75) is 43.5 Å². The van der Waals surface area contributed by atoms with E-state index in [4.69, 9.17) is 16.1 Å². The Morgan fingerprint density at radius 3 is 2.61 bits per heavy atom. The van der Waals surface area contributed by atoms with Gasteiger partial charge < -0.3 is 9.42 Å². The van der Waals surface area contributed by atoms with Gasteiger partial charge in [-0.25, -0.2) is 17.5 Å². The fraction of sp³-hybridized carbons (Fsp3) is 0.391. The predicted molar refractivity (Wildman–Crippen MR) is 124 cm³/mol. The van der Waals surface area contributed by atoms with Crippen LogP contribution in [-0.4, -0.2) is 49.1 Å². The van der Waals surface area contributed by atoms with Crippen LogP contribution in [0, 0.1) is 12.7 Å². The monoisotopic (exact) mass is 492 g/mol. The van der Waals surface area contributed by atoms with Gasteiger partial charge in [0.1, 0.15) is 5.82 Å². The molecule has 0 aliphatic carbocycles. The van der Waals surface area contributed by atoms with Gasteiger partial charge in [0.05, 0.1) is 4.90 Å². The molecular weight excluding hydrogens is 467 g/mol. The summed E-state index contributed by atoms with van der Waals surface area (Å²) in [5, 5.41) is 4.46. The number of piperidine rings is 1. The van der Waals surface area contributed by atoms with Gasteiger partial charge in [0.2, 0.25) is 21.7 Å². The second-order valence-electron chi connectivity index (χ2n) is 8.27. The van der Waals surface area contributed by atoms with Gasteiger partial charge in [-0.2, -0.15) is 4.98 Å². The number of likely N-dealkylation sites (tertiary alicyclic amines) is 1. The van der Waals surface area contributed by atoms with Crippen molar-refractivity contribution in [1.29, 1.82) is 0 Å². The number of nitrogens with zero attached hydrogens (tertiary/aromatic N) is 3. The highest BCUT2D eigenvalue weighted by atomic mass is 35.5. The van der Waals surface area contributed by atoms with Crippen molar-refractivity contribution in [2.24, 2.45) is 0 Å². The lowest BCUT2D eigenvalue weighted by Crippen LogP contribution is -2.44. The van der Waals surface area contributed by atoms with E-state index in [-0.39, 0.29) is 16.8 Å². The van der Waals surface area contributed by atoms with Crippen LogP contribution in [0.4, 0.5) is 4.39 Å². The van der Waals surface area contributed by atoms with Gasteiger partial charge >= 0.3 is 0 Å². The molecule has 0 atom stereocenters. The first kappa shape index (κ1) is 23.8. The highest BCUT2D eigenvalue weighted by Gasteiger charge is 2.24. The number of hydrogen-bond donors (Lipinski definition) is 1.